The highest BCUT2D eigenvalue weighted by atomic mass is 16.6. The number of nitrogens with zero attached hydrogens (tertiary/aromatic N) is 5. The van der Waals surface area contributed by atoms with E-state index in [-0.39, 0.29) is 23.3 Å². The van der Waals surface area contributed by atoms with Crippen LogP contribution in [0.15, 0.2) is 30.5 Å². The van der Waals surface area contributed by atoms with E-state index in [0.717, 1.165) is 12.8 Å². The maximum Gasteiger partial charge on any atom is 0.407 e. The third-order valence-electron chi connectivity index (χ3n) is 5.15. The highest BCUT2D eigenvalue weighted by molar-refractivity contribution is 5.93. The molecular weight excluding hydrogens is 406 g/mol. The summed E-state index contributed by atoms with van der Waals surface area (Å²) in [5.74, 6) is 0.851. The van der Waals surface area contributed by atoms with Crippen molar-refractivity contribution in [3.8, 4) is 0 Å². The third-order valence-corrected chi connectivity index (χ3v) is 5.15. The monoisotopic (exact) mass is 427 g/mol. The summed E-state index contributed by atoms with van der Waals surface area (Å²) in [5, 5.41) is 26.3. The van der Waals surface area contributed by atoms with E-state index in [1.807, 2.05) is 4.90 Å². The molecule has 0 radical (unpaired) electrons. The number of rotatable bonds is 6. The smallest absolute Gasteiger partial charge is 0.407 e. The highest BCUT2D eigenvalue weighted by Crippen LogP contribution is 2.31. The van der Waals surface area contributed by atoms with Crippen LogP contribution in [0.5, 0.6) is 0 Å². The molecule has 31 heavy (non-hydrogen) atoms. The molecule has 12 heteroatoms. The summed E-state index contributed by atoms with van der Waals surface area (Å²) in [6.45, 7) is 1.52. The number of carbonyl (C=O) groups is 2. The van der Waals surface area contributed by atoms with Crippen LogP contribution in [0.3, 0.4) is 0 Å². The van der Waals surface area contributed by atoms with Gasteiger partial charge in [-0.15, -0.1) is 0 Å². The predicted octanol–water partition coefficient (Wildman–Crippen LogP) is 2.28. The number of amides is 2. The highest BCUT2D eigenvalue weighted by Gasteiger charge is 2.30. The first-order valence-corrected chi connectivity index (χ1v) is 9.83. The number of nitrogens with one attached hydrogen (secondary N) is 2. The van der Waals surface area contributed by atoms with E-state index in [0.29, 0.717) is 43.5 Å². The van der Waals surface area contributed by atoms with Gasteiger partial charge in [-0.1, -0.05) is 0 Å². The van der Waals surface area contributed by atoms with Crippen molar-refractivity contribution in [2.24, 2.45) is 5.92 Å². The minimum absolute atomic E-state index is 0.0273. The molecule has 0 bridgehead atoms. The summed E-state index contributed by atoms with van der Waals surface area (Å²) in [4.78, 5) is 45.7. The number of anilines is 4. The Balaban J connectivity index is 1.53. The second-order valence-electron chi connectivity index (χ2n) is 7.37. The molecule has 2 aromatic heterocycles. The first-order chi connectivity index (χ1) is 14.9. The topological polar surface area (TPSA) is 154 Å². The van der Waals surface area contributed by atoms with Crippen LogP contribution in [-0.4, -0.2) is 63.1 Å². The Hall–Kier alpha value is -3.96. The van der Waals surface area contributed by atoms with Gasteiger partial charge in [0.25, 0.3) is 0 Å². The lowest BCUT2D eigenvalue weighted by Gasteiger charge is -2.33. The van der Waals surface area contributed by atoms with Gasteiger partial charge in [0.05, 0.1) is 4.92 Å². The SMILES string of the molecule is O=C(Nc1cc(Nc2nc(N3CCN(C(=O)O)CC3)ccc2[N+](=O)[O-])ccn1)C1CC1. The number of aromatic nitrogens is 2. The summed E-state index contributed by atoms with van der Waals surface area (Å²) in [6, 6.07) is 6.12. The van der Waals surface area contributed by atoms with Gasteiger partial charge >= 0.3 is 11.8 Å². The van der Waals surface area contributed by atoms with Crippen LogP contribution in [0.4, 0.5) is 33.6 Å². The van der Waals surface area contributed by atoms with E-state index >= 15 is 0 Å². The Bertz CT molecular complexity index is 1020. The van der Waals surface area contributed by atoms with Gasteiger partial charge in [-0.05, 0) is 25.0 Å². The number of nitro groups is 1. The van der Waals surface area contributed by atoms with E-state index in [1.54, 1.807) is 18.2 Å². The molecule has 2 fully saturated rings. The number of hydrogen-bond acceptors (Lipinski definition) is 8. The third kappa shape index (κ3) is 4.79. The Labute approximate surface area is 177 Å². The van der Waals surface area contributed by atoms with E-state index in [2.05, 4.69) is 20.6 Å². The number of piperazine rings is 1. The fourth-order valence-electron chi connectivity index (χ4n) is 3.27. The van der Waals surface area contributed by atoms with Crippen LogP contribution in [0.25, 0.3) is 0 Å². The van der Waals surface area contributed by atoms with E-state index in [1.165, 1.54) is 17.2 Å². The number of carbonyl (C=O) groups excluding carboxylic acids is 1. The van der Waals surface area contributed by atoms with Crippen molar-refractivity contribution in [3.63, 3.8) is 0 Å². The van der Waals surface area contributed by atoms with Crippen molar-refractivity contribution in [2.45, 2.75) is 12.8 Å². The molecule has 3 N–H and O–H groups in total. The van der Waals surface area contributed by atoms with Gasteiger partial charge in [0.15, 0.2) is 0 Å². The standard InChI is InChI=1S/C19H21N7O5/c27-18(12-1-2-12)22-15-11-13(5-6-20-15)21-17-14(26(30)31)3-4-16(23-17)24-7-9-25(10-8-24)19(28)29/h3-6,11-12H,1-2,7-10H2,(H,28,29)(H2,20,21,22,23,27). The Kier molecular flexibility index (Phi) is 5.52. The Morgan fingerprint density at radius 1 is 1.16 bits per heavy atom. The van der Waals surface area contributed by atoms with Crippen molar-refractivity contribution < 1.29 is 19.6 Å². The van der Waals surface area contributed by atoms with Crippen LogP contribution in [0, 0.1) is 16.0 Å². The molecule has 0 aromatic carbocycles. The van der Waals surface area contributed by atoms with Crippen molar-refractivity contribution in [1.82, 2.24) is 14.9 Å². The number of pyridine rings is 2. The zero-order valence-electron chi connectivity index (χ0n) is 16.5. The maximum atomic E-state index is 12.0. The molecule has 1 saturated heterocycles. The first-order valence-electron chi connectivity index (χ1n) is 9.83. The molecule has 12 nitrogen and oxygen atoms in total. The summed E-state index contributed by atoms with van der Waals surface area (Å²) < 4.78 is 0. The minimum atomic E-state index is -0.971. The largest absolute Gasteiger partial charge is 0.465 e. The molecule has 1 aliphatic heterocycles. The van der Waals surface area contributed by atoms with Crippen LogP contribution < -0.4 is 15.5 Å². The summed E-state index contributed by atoms with van der Waals surface area (Å²) >= 11 is 0. The number of hydrogen-bond donors (Lipinski definition) is 3. The van der Waals surface area contributed by atoms with Crippen molar-refractivity contribution in [2.75, 3.05) is 41.7 Å². The first kappa shape index (κ1) is 20.3. The van der Waals surface area contributed by atoms with Crippen LogP contribution >= 0.6 is 0 Å². The second-order valence-corrected chi connectivity index (χ2v) is 7.37. The van der Waals surface area contributed by atoms with E-state index in [4.69, 9.17) is 5.11 Å². The molecule has 2 aromatic rings. The van der Waals surface area contributed by atoms with Crippen LogP contribution in [0.2, 0.25) is 0 Å². The molecule has 4 rings (SSSR count). The van der Waals surface area contributed by atoms with E-state index < -0.39 is 11.0 Å². The molecular formula is C19H21N7O5. The lowest BCUT2D eigenvalue weighted by molar-refractivity contribution is -0.384. The number of carboxylic acid groups (broad SMARTS) is 1. The van der Waals surface area contributed by atoms with Gasteiger partial charge in [0, 0.05) is 56.1 Å². The quantitative estimate of drug-likeness (QED) is 0.465. The summed E-state index contributed by atoms with van der Waals surface area (Å²) in [7, 11) is 0. The van der Waals surface area contributed by atoms with Crippen LogP contribution in [0.1, 0.15) is 12.8 Å². The lowest BCUT2D eigenvalue weighted by Crippen LogP contribution is -2.48. The fraction of sp³-hybridized carbons (Fsp3) is 0.368. The van der Waals surface area contributed by atoms with Gasteiger partial charge < -0.3 is 25.5 Å². The predicted molar refractivity (Wildman–Crippen MR) is 112 cm³/mol. The zero-order chi connectivity index (χ0) is 22.0. The van der Waals surface area contributed by atoms with Crippen molar-refractivity contribution in [3.05, 3.63) is 40.6 Å². The van der Waals surface area contributed by atoms with Gasteiger partial charge in [-0.25, -0.2) is 14.8 Å². The van der Waals surface area contributed by atoms with Gasteiger partial charge in [0.1, 0.15) is 11.6 Å². The lowest BCUT2D eigenvalue weighted by atomic mass is 10.3. The molecule has 2 aliphatic rings. The molecule has 2 amide bonds. The van der Waals surface area contributed by atoms with Crippen molar-refractivity contribution in [1.29, 1.82) is 0 Å². The molecule has 0 atom stereocenters. The maximum absolute atomic E-state index is 12.0. The van der Waals surface area contributed by atoms with Gasteiger partial charge in [-0.3, -0.25) is 14.9 Å². The molecule has 0 spiro atoms. The normalized spacial score (nSPS) is 16.0. The molecule has 1 aliphatic carbocycles. The fourth-order valence-corrected chi connectivity index (χ4v) is 3.27. The zero-order valence-corrected chi connectivity index (χ0v) is 16.5. The minimum Gasteiger partial charge on any atom is -0.465 e. The Morgan fingerprint density at radius 3 is 2.55 bits per heavy atom. The average Bonchev–Trinajstić information content (AvgIpc) is 3.59. The van der Waals surface area contributed by atoms with Crippen LogP contribution in [-0.2, 0) is 4.79 Å². The average molecular weight is 427 g/mol. The summed E-state index contributed by atoms with van der Waals surface area (Å²) in [5.41, 5.74) is 0.290. The molecule has 0 unspecified atom stereocenters. The van der Waals surface area contributed by atoms with E-state index in [9.17, 15) is 19.7 Å². The molecule has 3 heterocycles. The summed E-state index contributed by atoms with van der Waals surface area (Å²) in [6.07, 6.45) is 2.26. The van der Waals surface area contributed by atoms with Crippen molar-refractivity contribution >= 4 is 40.8 Å². The second kappa shape index (κ2) is 8.42. The Morgan fingerprint density at radius 2 is 1.90 bits per heavy atom. The van der Waals surface area contributed by atoms with Gasteiger partial charge in [-0.2, -0.15) is 0 Å². The molecule has 1 saturated carbocycles. The molecule has 162 valence electrons. The van der Waals surface area contributed by atoms with Gasteiger partial charge in [0.2, 0.25) is 11.7 Å².